The number of rotatable bonds is 65. The molecule has 0 spiro atoms. The first-order valence-electron chi connectivity index (χ1n) is 40.6. The van der Waals surface area contributed by atoms with Crippen LogP contribution in [0.4, 0.5) is 0 Å². The normalized spacial score (nSPS) is 26.8. The largest absolute Gasteiger partial charge is 0.394 e. The van der Waals surface area contributed by atoms with Crippen LogP contribution in [-0.4, -0.2) is 193 Å². The second kappa shape index (κ2) is 60.5. The molecule has 0 aromatic heterocycles. The van der Waals surface area contributed by atoms with E-state index in [2.05, 4.69) is 43.5 Å². The zero-order chi connectivity index (χ0) is 71.1. The van der Waals surface area contributed by atoms with Crippen LogP contribution in [0.2, 0.25) is 0 Å². The molecule has 0 radical (unpaired) electrons. The van der Waals surface area contributed by atoms with Gasteiger partial charge in [0, 0.05) is 6.42 Å². The van der Waals surface area contributed by atoms with E-state index in [0.717, 1.165) is 51.4 Å². The van der Waals surface area contributed by atoms with E-state index in [0.29, 0.717) is 12.8 Å². The molecule has 17 unspecified atom stereocenters. The summed E-state index contributed by atoms with van der Waals surface area (Å²) in [5.74, 6) is -0.238. The van der Waals surface area contributed by atoms with Gasteiger partial charge in [-0.2, -0.15) is 0 Å². The zero-order valence-corrected chi connectivity index (χ0v) is 61.8. The third-order valence-corrected chi connectivity index (χ3v) is 20.5. The minimum Gasteiger partial charge on any atom is -0.394 e. The quantitative estimate of drug-likeness (QED) is 0.0199. The number of hydrogen-bond donors (Lipinski definition) is 12. The molecule has 578 valence electrons. The number of carbonyl (C=O) groups excluding carboxylic acids is 1. The summed E-state index contributed by atoms with van der Waals surface area (Å²) >= 11 is 0. The monoisotopic (exact) mass is 1400 g/mol. The molecule has 0 aromatic carbocycles. The van der Waals surface area contributed by atoms with Gasteiger partial charge in [0.1, 0.15) is 73.2 Å². The summed E-state index contributed by atoms with van der Waals surface area (Å²) in [6.45, 7) is 1.85. The van der Waals surface area contributed by atoms with Gasteiger partial charge in [0.05, 0.1) is 38.6 Å². The van der Waals surface area contributed by atoms with Gasteiger partial charge < -0.3 is 89.9 Å². The van der Waals surface area contributed by atoms with Gasteiger partial charge in [-0.05, 0) is 44.9 Å². The van der Waals surface area contributed by atoms with Crippen molar-refractivity contribution in [3.63, 3.8) is 0 Å². The summed E-state index contributed by atoms with van der Waals surface area (Å²) < 4.78 is 34.5. The summed E-state index contributed by atoms with van der Waals surface area (Å²) in [5.41, 5.74) is 0. The standard InChI is InChI=1S/C79H149NO18/c1-3-5-7-9-11-13-15-17-19-21-23-25-27-29-30-31-33-34-36-38-40-42-44-46-48-50-52-54-56-63(84)62(80-67(85)57-55-53-51-49-47-45-43-41-39-37-35-32-28-26-24-22-20-18-16-14-12-10-8-6-4-2)61-93-77-73(91)70(88)75(65(59-82)95-77)98-79-74(92)71(89)76(66(60-83)96-79)97-78-72(90)69(87)68(86)64(58-81)94-78/h16,18,22,24,62-66,68-79,81-84,86-92H,3-15,17,19-21,23,25-61H2,1-2H3,(H,80,85)/b18-16-,24-22-. The molecule has 3 rings (SSSR count). The van der Waals surface area contributed by atoms with Crippen LogP contribution in [0.5, 0.6) is 0 Å². The lowest BCUT2D eigenvalue weighted by Gasteiger charge is -2.48. The van der Waals surface area contributed by atoms with E-state index in [1.54, 1.807) is 0 Å². The van der Waals surface area contributed by atoms with E-state index in [1.165, 1.54) is 257 Å². The molecule has 19 heteroatoms. The van der Waals surface area contributed by atoms with Gasteiger partial charge in [0.2, 0.25) is 5.91 Å². The molecule has 19 nitrogen and oxygen atoms in total. The van der Waals surface area contributed by atoms with Gasteiger partial charge in [0.25, 0.3) is 0 Å². The lowest BCUT2D eigenvalue weighted by molar-refractivity contribution is -0.379. The topological polar surface area (TPSA) is 307 Å². The zero-order valence-electron chi connectivity index (χ0n) is 61.8. The fraction of sp³-hybridized carbons (Fsp3) is 0.937. The van der Waals surface area contributed by atoms with Crippen molar-refractivity contribution in [2.75, 3.05) is 26.4 Å². The van der Waals surface area contributed by atoms with Crippen LogP contribution < -0.4 is 5.32 Å². The molecule has 12 N–H and O–H groups in total. The van der Waals surface area contributed by atoms with Crippen LogP contribution in [-0.2, 0) is 33.2 Å². The summed E-state index contributed by atoms with van der Waals surface area (Å²) in [6.07, 6.45) is 45.5. The van der Waals surface area contributed by atoms with Crippen molar-refractivity contribution in [2.24, 2.45) is 0 Å². The fourth-order valence-electron chi connectivity index (χ4n) is 14.0. The van der Waals surface area contributed by atoms with E-state index in [9.17, 15) is 61.0 Å². The molecule has 3 aliphatic heterocycles. The molecule has 17 atom stereocenters. The molecule has 3 fully saturated rings. The smallest absolute Gasteiger partial charge is 0.220 e. The Morgan fingerprint density at radius 1 is 0.367 bits per heavy atom. The molecule has 0 aliphatic carbocycles. The highest BCUT2D eigenvalue weighted by Crippen LogP contribution is 2.33. The van der Waals surface area contributed by atoms with Crippen LogP contribution in [0.3, 0.4) is 0 Å². The summed E-state index contributed by atoms with van der Waals surface area (Å²) in [4.78, 5) is 13.5. The summed E-state index contributed by atoms with van der Waals surface area (Å²) in [6, 6.07) is -0.888. The van der Waals surface area contributed by atoms with Crippen LogP contribution in [0.15, 0.2) is 24.3 Å². The van der Waals surface area contributed by atoms with Gasteiger partial charge in [0.15, 0.2) is 18.9 Å². The molecular weight excluding hydrogens is 1250 g/mol. The second-order valence-corrected chi connectivity index (χ2v) is 29.2. The van der Waals surface area contributed by atoms with Gasteiger partial charge in [-0.25, -0.2) is 0 Å². The number of allylic oxidation sites excluding steroid dienone is 4. The maximum absolute atomic E-state index is 13.5. The molecule has 0 bridgehead atoms. The molecular formula is C79H149NO18. The van der Waals surface area contributed by atoms with E-state index in [1.807, 2.05) is 0 Å². The number of carbonyl (C=O) groups is 1. The van der Waals surface area contributed by atoms with E-state index < -0.39 is 124 Å². The van der Waals surface area contributed by atoms with Crippen molar-refractivity contribution in [1.82, 2.24) is 5.32 Å². The minimum absolute atomic E-state index is 0.238. The molecule has 3 saturated heterocycles. The lowest BCUT2D eigenvalue weighted by Crippen LogP contribution is -2.66. The highest BCUT2D eigenvalue weighted by Gasteiger charge is 2.54. The number of amides is 1. The van der Waals surface area contributed by atoms with Crippen molar-refractivity contribution in [1.29, 1.82) is 0 Å². The second-order valence-electron chi connectivity index (χ2n) is 29.2. The highest BCUT2D eigenvalue weighted by atomic mass is 16.8. The highest BCUT2D eigenvalue weighted by molar-refractivity contribution is 5.76. The van der Waals surface area contributed by atoms with Crippen molar-refractivity contribution >= 4 is 5.91 Å². The Balaban J connectivity index is 1.37. The van der Waals surface area contributed by atoms with E-state index in [4.69, 9.17) is 28.4 Å². The predicted octanol–water partition coefficient (Wildman–Crippen LogP) is 13.3. The third kappa shape index (κ3) is 40.5. The van der Waals surface area contributed by atoms with E-state index >= 15 is 0 Å². The average molecular weight is 1400 g/mol. The Kier molecular flexibility index (Phi) is 55.9. The van der Waals surface area contributed by atoms with Crippen LogP contribution in [0.25, 0.3) is 0 Å². The van der Waals surface area contributed by atoms with Gasteiger partial charge in [-0.1, -0.05) is 314 Å². The SMILES string of the molecule is CCCCCCC/C=C\C/C=C\CCCCCCCCCCCCCCCC(=O)NC(COC1OC(CO)C(OC2OC(CO)C(OC3OC(CO)C(O)C(O)C3O)C(O)C2O)C(O)C1O)C(O)CCCCCCCCCCCCCCCCCCCCCCCCCCCCCC. The molecule has 3 heterocycles. The molecule has 0 saturated carbocycles. The fourth-order valence-corrected chi connectivity index (χ4v) is 14.0. The first kappa shape index (κ1) is 90.5. The molecule has 0 aromatic rings. The van der Waals surface area contributed by atoms with Crippen molar-refractivity contribution < 1.29 is 89.4 Å². The number of unbranched alkanes of at least 4 members (excludes halogenated alkanes) is 45. The van der Waals surface area contributed by atoms with Gasteiger partial charge >= 0.3 is 0 Å². The lowest BCUT2D eigenvalue weighted by atomic mass is 9.96. The van der Waals surface area contributed by atoms with Gasteiger partial charge in [-0.3, -0.25) is 4.79 Å². The molecule has 3 aliphatic rings. The Bertz CT molecular complexity index is 1870. The van der Waals surface area contributed by atoms with Crippen LogP contribution >= 0.6 is 0 Å². The van der Waals surface area contributed by atoms with Crippen molar-refractivity contribution in [3.05, 3.63) is 24.3 Å². The molecule has 98 heavy (non-hydrogen) atoms. The maximum Gasteiger partial charge on any atom is 0.220 e. The van der Waals surface area contributed by atoms with Crippen LogP contribution in [0.1, 0.15) is 341 Å². The summed E-state index contributed by atoms with van der Waals surface area (Å²) in [5, 5.41) is 121. The average Bonchev–Trinajstić information content (AvgIpc) is 0.784. The first-order valence-corrected chi connectivity index (χ1v) is 40.6. The Morgan fingerprint density at radius 2 is 0.673 bits per heavy atom. The molecule has 1 amide bonds. The number of ether oxygens (including phenoxy) is 6. The Morgan fingerprint density at radius 3 is 1.04 bits per heavy atom. The predicted molar refractivity (Wildman–Crippen MR) is 388 cm³/mol. The Hall–Kier alpha value is -1.73. The van der Waals surface area contributed by atoms with Crippen molar-refractivity contribution in [3.8, 4) is 0 Å². The number of aliphatic hydroxyl groups is 11. The summed E-state index contributed by atoms with van der Waals surface area (Å²) in [7, 11) is 0. The van der Waals surface area contributed by atoms with Crippen molar-refractivity contribution in [2.45, 2.75) is 446 Å². The van der Waals surface area contributed by atoms with Crippen LogP contribution in [0, 0.1) is 0 Å². The number of aliphatic hydroxyl groups excluding tert-OH is 11. The van der Waals surface area contributed by atoms with E-state index in [-0.39, 0.29) is 18.9 Å². The van der Waals surface area contributed by atoms with Gasteiger partial charge in [-0.15, -0.1) is 0 Å². The minimum atomic E-state index is -1.97. The number of hydrogen-bond acceptors (Lipinski definition) is 18. The maximum atomic E-state index is 13.5. The Labute approximate surface area is 594 Å². The number of nitrogens with one attached hydrogen (secondary N) is 1. The first-order chi connectivity index (χ1) is 47.8. The third-order valence-electron chi connectivity index (χ3n) is 20.5.